The van der Waals surface area contributed by atoms with Gasteiger partial charge in [0.05, 0.1) is 0 Å². The Morgan fingerprint density at radius 3 is 2.61 bits per heavy atom. The molecule has 1 atom stereocenters. The summed E-state index contributed by atoms with van der Waals surface area (Å²) in [7, 11) is 0. The van der Waals surface area contributed by atoms with Crippen molar-refractivity contribution in [3.05, 3.63) is 35.9 Å². The van der Waals surface area contributed by atoms with Crippen molar-refractivity contribution in [1.29, 1.82) is 0 Å². The molecule has 1 amide bonds. The second-order valence-corrected chi connectivity index (χ2v) is 5.68. The summed E-state index contributed by atoms with van der Waals surface area (Å²) in [4.78, 5) is 12.0. The van der Waals surface area contributed by atoms with Crippen LogP contribution in [0.25, 0.3) is 0 Å². The third-order valence-corrected chi connectivity index (χ3v) is 4.15. The lowest BCUT2D eigenvalue weighted by Gasteiger charge is -2.17. The molecule has 2 nitrogen and oxygen atoms in total. The summed E-state index contributed by atoms with van der Waals surface area (Å²) in [6.07, 6.45) is 4.85. The number of rotatable bonds is 6. The average Bonchev–Trinajstić information content (AvgIpc) is 3.17. The third kappa shape index (κ3) is 3.26. The summed E-state index contributed by atoms with van der Waals surface area (Å²) >= 11 is 6.17. The lowest BCUT2D eigenvalue weighted by Crippen LogP contribution is -2.32. The highest BCUT2D eigenvalue weighted by Gasteiger charge is 2.41. The molecule has 0 aromatic heterocycles. The van der Waals surface area contributed by atoms with Crippen LogP contribution in [-0.2, 0) is 4.79 Å². The fourth-order valence-electron chi connectivity index (χ4n) is 2.36. The van der Waals surface area contributed by atoms with Gasteiger partial charge in [-0.3, -0.25) is 4.79 Å². The Bertz CT molecular complexity index is 400. The molecule has 1 aliphatic carbocycles. The van der Waals surface area contributed by atoms with Crippen molar-refractivity contribution < 1.29 is 4.79 Å². The summed E-state index contributed by atoms with van der Waals surface area (Å²) < 4.78 is 0. The summed E-state index contributed by atoms with van der Waals surface area (Å²) in [5.74, 6) is -0.0785. The Kier molecular flexibility index (Phi) is 4.28. The zero-order chi connectivity index (χ0) is 13.0. The van der Waals surface area contributed by atoms with Gasteiger partial charge in [0.2, 0.25) is 5.91 Å². The van der Waals surface area contributed by atoms with Crippen molar-refractivity contribution >= 4 is 17.5 Å². The SMILES string of the molecule is CCCC1(CNC(=O)C(Cl)c2ccccc2)CC1. The van der Waals surface area contributed by atoms with Crippen LogP contribution in [0.15, 0.2) is 30.3 Å². The highest BCUT2D eigenvalue weighted by Crippen LogP contribution is 2.49. The van der Waals surface area contributed by atoms with E-state index in [2.05, 4.69) is 12.2 Å². The second-order valence-electron chi connectivity index (χ2n) is 5.24. The maximum atomic E-state index is 12.0. The van der Waals surface area contributed by atoms with E-state index in [-0.39, 0.29) is 5.91 Å². The lowest BCUT2D eigenvalue weighted by molar-refractivity contribution is -0.121. The molecule has 1 unspecified atom stereocenters. The molecule has 0 saturated heterocycles. The lowest BCUT2D eigenvalue weighted by atomic mass is 10.0. The summed E-state index contributed by atoms with van der Waals surface area (Å²) in [6, 6.07) is 9.49. The molecule has 1 saturated carbocycles. The maximum Gasteiger partial charge on any atom is 0.242 e. The first-order valence-corrected chi connectivity index (χ1v) is 7.07. The third-order valence-electron chi connectivity index (χ3n) is 3.70. The Balaban J connectivity index is 1.85. The van der Waals surface area contributed by atoms with E-state index in [1.807, 2.05) is 30.3 Å². The van der Waals surface area contributed by atoms with Gasteiger partial charge in [0.25, 0.3) is 0 Å². The number of amides is 1. The Morgan fingerprint density at radius 2 is 2.06 bits per heavy atom. The first-order valence-electron chi connectivity index (χ1n) is 6.64. The van der Waals surface area contributed by atoms with Gasteiger partial charge in [0.15, 0.2) is 0 Å². The number of hydrogen-bond acceptors (Lipinski definition) is 1. The molecule has 0 aliphatic heterocycles. The molecule has 1 N–H and O–H groups in total. The van der Waals surface area contributed by atoms with Crippen LogP contribution < -0.4 is 5.32 Å². The van der Waals surface area contributed by atoms with Crippen molar-refractivity contribution in [2.75, 3.05) is 6.54 Å². The van der Waals surface area contributed by atoms with Gasteiger partial charge < -0.3 is 5.32 Å². The first-order chi connectivity index (χ1) is 8.67. The second kappa shape index (κ2) is 5.75. The molecule has 0 radical (unpaired) electrons. The van der Waals surface area contributed by atoms with E-state index in [9.17, 15) is 4.79 Å². The topological polar surface area (TPSA) is 29.1 Å². The quantitative estimate of drug-likeness (QED) is 0.782. The zero-order valence-corrected chi connectivity index (χ0v) is 11.5. The van der Waals surface area contributed by atoms with E-state index >= 15 is 0 Å². The van der Waals surface area contributed by atoms with Crippen molar-refractivity contribution in [1.82, 2.24) is 5.32 Å². The highest BCUT2D eigenvalue weighted by atomic mass is 35.5. The summed E-state index contributed by atoms with van der Waals surface area (Å²) in [5.41, 5.74) is 1.23. The van der Waals surface area contributed by atoms with Gasteiger partial charge in [-0.05, 0) is 30.2 Å². The van der Waals surface area contributed by atoms with E-state index in [0.717, 1.165) is 12.1 Å². The minimum Gasteiger partial charge on any atom is -0.354 e. The highest BCUT2D eigenvalue weighted by molar-refractivity contribution is 6.30. The number of carbonyl (C=O) groups is 1. The number of nitrogens with one attached hydrogen (secondary N) is 1. The number of halogens is 1. The van der Waals surface area contributed by atoms with Gasteiger partial charge in [-0.25, -0.2) is 0 Å². The molecule has 2 rings (SSSR count). The number of carbonyl (C=O) groups excluding carboxylic acids is 1. The van der Waals surface area contributed by atoms with Crippen LogP contribution in [0, 0.1) is 5.41 Å². The molecular weight excluding hydrogens is 246 g/mol. The van der Waals surface area contributed by atoms with Gasteiger partial charge in [0.1, 0.15) is 5.38 Å². The molecule has 1 aliphatic rings. The van der Waals surface area contributed by atoms with Gasteiger partial charge in [0, 0.05) is 6.54 Å². The molecule has 1 fully saturated rings. The summed E-state index contributed by atoms with van der Waals surface area (Å²) in [5, 5.41) is 2.42. The molecule has 0 heterocycles. The zero-order valence-electron chi connectivity index (χ0n) is 10.8. The van der Waals surface area contributed by atoms with Crippen molar-refractivity contribution in [2.24, 2.45) is 5.41 Å². The van der Waals surface area contributed by atoms with Crippen LogP contribution in [0.2, 0.25) is 0 Å². The van der Waals surface area contributed by atoms with Crippen LogP contribution in [0.3, 0.4) is 0 Å². The minimum atomic E-state index is -0.580. The predicted octanol–water partition coefficient (Wildman–Crippen LogP) is 3.66. The number of benzene rings is 1. The van der Waals surface area contributed by atoms with Crippen molar-refractivity contribution in [3.63, 3.8) is 0 Å². The fourth-order valence-corrected chi connectivity index (χ4v) is 2.58. The van der Waals surface area contributed by atoms with E-state index in [0.29, 0.717) is 5.41 Å². The number of alkyl halides is 1. The normalized spacial score (nSPS) is 18.1. The smallest absolute Gasteiger partial charge is 0.242 e. The van der Waals surface area contributed by atoms with E-state index in [1.165, 1.54) is 25.7 Å². The van der Waals surface area contributed by atoms with Crippen LogP contribution in [0.5, 0.6) is 0 Å². The van der Waals surface area contributed by atoms with Crippen LogP contribution in [0.1, 0.15) is 43.5 Å². The molecule has 3 heteroatoms. The minimum absolute atomic E-state index is 0.0785. The monoisotopic (exact) mass is 265 g/mol. The Hall–Kier alpha value is -1.02. The predicted molar refractivity (Wildman–Crippen MR) is 74.6 cm³/mol. The van der Waals surface area contributed by atoms with Crippen LogP contribution in [0.4, 0.5) is 0 Å². The van der Waals surface area contributed by atoms with Gasteiger partial charge in [-0.1, -0.05) is 43.7 Å². The molecule has 18 heavy (non-hydrogen) atoms. The fraction of sp³-hybridized carbons (Fsp3) is 0.533. The average molecular weight is 266 g/mol. The molecule has 0 bridgehead atoms. The van der Waals surface area contributed by atoms with Crippen molar-refractivity contribution in [2.45, 2.75) is 38.0 Å². The van der Waals surface area contributed by atoms with Crippen LogP contribution in [-0.4, -0.2) is 12.5 Å². The molecule has 98 valence electrons. The molecule has 0 spiro atoms. The Morgan fingerprint density at radius 1 is 1.39 bits per heavy atom. The number of hydrogen-bond donors (Lipinski definition) is 1. The van der Waals surface area contributed by atoms with Gasteiger partial charge >= 0.3 is 0 Å². The molecule has 1 aromatic carbocycles. The summed E-state index contributed by atoms with van der Waals surface area (Å²) in [6.45, 7) is 2.96. The van der Waals surface area contributed by atoms with Crippen LogP contribution >= 0.6 is 11.6 Å². The van der Waals surface area contributed by atoms with E-state index in [4.69, 9.17) is 11.6 Å². The van der Waals surface area contributed by atoms with Gasteiger partial charge in [-0.2, -0.15) is 0 Å². The first kappa shape index (κ1) is 13.4. The van der Waals surface area contributed by atoms with Crippen molar-refractivity contribution in [3.8, 4) is 0 Å². The standard InChI is InChI=1S/C15H20ClNO/c1-2-8-15(9-10-15)11-17-14(18)13(16)12-6-4-3-5-7-12/h3-7,13H,2,8-11H2,1H3,(H,17,18). The van der Waals surface area contributed by atoms with Gasteiger partial charge in [-0.15, -0.1) is 11.6 Å². The van der Waals surface area contributed by atoms with E-state index in [1.54, 1.807) is 0 Å². The molecule has 1 aromatic rings. The molecular formula is C15H20ClNO. The van der Waals surface area contributed by atoms with E-state index < -0.39 is 5.38 Å². The Labute approximate surface area is 114 Å². The maximum absolute atomic E-state index is 12.0. The largest absolute Gasteiger partial charge is 0.354 e.